The van der Waals surface area contributed by atoms with Crippen molar-refractivity contribution in [2.45, 2.75) is 26.3 Å². The van der Waals surface area contributed by atoms with E-state index in [-0.39, 0.29) is 0 Å². The second-order valence-corrected chi connectivity index (χ2v) is 4.63. The van der Waals surface area contributed by atoms with Crippen LogP contribution in [0.5, 0.6) is 5.75 Å². The zero-order valence-electron chi connectivity index (χ0n) is 10.5. The molecular weight excluding hydrogens is 250 g/mol. The summed E-state index contributed by atoms with van der Waals surface area (Å²) in [5, 5.41) is 8.37. The van der Waals surface area contributed by atoms with Crippen molar-refractivity contribution in [2.75, 3.05) is 6.61 Å². The van der Waals surface area contributed by atoms with Crippen LogP contribution in [0.4, 0.5) is 0 Å². The second kappa shape index (κ2) is 5.87. The predicted molar refractivity (Wildman–Crippen MR) is 71.1 cm³/mol. The van der Waals surface area contributed by atoms with Crippen LogP contribution in [0.25, 0.3) is 0 Å². The Morgan fingerprint density at radius 3 is 2.61 bits per heavy atom. The molecule has 0 spiro atoms. The van der Waals surface area contributed by atoms with Crippen molar-refractivity contribution < 1.29 is 4.74 Å². The van der Waals surface area contributed by atoms with Gasteiger partial charge in [-0.25, -0.2) is 0 Å². The third-order valence-corrected chi connectivity index (χ3v) is 2.86. The Hall–Kier alpha value is -1.55. The standard InChI is InChI=1S/C13H16ClN3O/c1-10(2)12-15-16-13(14)17(12)8-9-18-11-6-4-3-5-7-11/h3-7,10H,8-9H2,1-2H3. The van der Waals surface area contributed by atoms with E-state index >= 15 is 0 Å². The molecule has 4 nitrogen and oxygen atoms in total. The third-order valence-electron chi connectivity index (χ3n) is 2.58. The fourth-order valence-electron chi connectivity index (χ4n) is 1.70. The highest BCUT2D eigenvalue weighted by atomic mass is 35.5. The van der Waals surface area contributed by atoms with Crippen molar-refractivity contribution in [1.82, 2.24) is 14.8 Å². The van der Waals surface area contributed by atoms with Gasteiger partial charge in [-0.1, -0.05) is 32.0 Å². The molecule has 0 N–H and O–H groups in total. The van der Waals surface area contributed by atoms with Gasteiger partial charge in [-0.2, -0.15) is 0 Å². The summed E-state index contributed by atoms with van der Waals surface area (Å²) in [5.74, 6) is 2.03. The van der Waals surface area contributed by atoms with Crippen LogP contribution in [0.15, 0.2) is 30.3 Å². The zero-order valence-corrected chi connectivity index (χ0v) is 11.3. The Labute approximate surface area is 112 Å². The summed E-state index contributed by atoms with van der Waals surface area (Å²) in [4.78, 5) is 0. The number of benzene rings is 1. The van der Waals surface area contributed by atoms with Crippen LogP contribution in [0.3, 0.4) is 0 Å². The average molecular weight is 266 g/mol. The largest absolute Gasteiger partial charge is 0.492 e. The Morgan fingerprint density at radius 2 is 1.94 bits per heavy atom. The molecule has 0 saturated heterocycles. The molecule has 0 atom stereocenters. The molecule has 2 rings (SSSR count). The Balaban J connectivity index is 1.96. The number of halogens is 1. The quantitative estimate of drug-likeness (QED) is 0.834. The number of ether oxygens (including phenoxy) is 1. The van der Waals surface area contributed by atoms with Crippen LogP contribution < -0.4 is 4.74 Å². The van der Waals surface area contributed by atoms with E-state index in [4.69, 9.17) is 16.3 Å². The monoisotopic (exact) mass is 265 g/mol. The van der Waals surface area contributed by atoms with Gasteiger partial charge in [-0.05, 0) is 23.7 Å². The summed E-state index contributed by atoms with van der Waals surface area (Å²) < 4.78 is 7.52. The van der Waals surface area contributed by atoms with Gasteiger partial charge in [0.2, 0.25) is 5.28 Å². The van der Waals surface area contributed by atoms with Crippen LogP contribution in [0.1, 0.15) is 25.6 Å². The number of aromatic nitrogens is 3. The van der Waals surface area contributed by atoms with Crippen LogP contribution in [0, 0.1) is 0 Å². The molecule has 1 aromatic carbocycles. The minimum atomic E-state index is 0.293. The molecule has 0 aliphatic carbocycles. The maximum Gasteiger partial charge on any atom is 0.225 e. The molecule has 0 aliphatic rings. The van der Waals surface area contributed by atoms with Gasteiger partial charge in [0.1, 0.15) is 18.2 Å². The van der Waals surface area contributed by atoms with Crippen molar-refractivity contribution in [3.63, 3.8) is 0 Å². The smallest absolute Gasteiger partial charge is 0.225 e. The van der Waals surface area contributed by atoms with Crippen molar-refractivity contribution >= 4 is 11.6 Å². The van der Waals surface area contributed by atoms with Crippen molar-refractivity contribution in [1.29, 1.82) is 0 Å². The zero-order chi connectivity index (χ0) is 13.0. The van der Waals surface area contributed by atoms with Crippen LogP contribution in [-0.4, -0.2) is 21.4 Å². The van der Waals surface area contributed by atoms with Gasteiger partial charge in [0.05, 0.1) is 6.54 Å². The average Bonchev–Trinajstić information content (AvgIpc) is 2.73. The molecule has 0 unspecified atom stereocenters. The first-order valence-electron chi connectivity index (χ1n) is 5.95. The van der Waals surface area contributed by atoms with Gasteiger partial charge < -0.3 is 4.74 Å². The van der Waals surface area contributed by atoms with Crippen molar-refractivity contribution in [3.05, 3.63) is 41.4 Å². The summed E-state index contributed by atoms with van der Waals surface area (Å²) >= 11 is 6.00. The van der Waals surface area contributed by atoms with Gasteiger partial charge in [0.25, 0.3) is 0 Å². The number of rotatable bonds is 5. The number of hydrogen-bond donors (Lipinski definition) is 0. The molecule has 1 aromatic heterocycles. The first kappa shape index (κ1) is 12.9. The molecular formula is C13H16ClN3O. The lowest BCUT2D eigenvalue weighted by Gasteiger charge is -2.11. The molecule has 0 fully saturated rings. The lowest BCUT2D eigenvalue weighted by atomic mass is 10.2. The molecule has 0 aliphatic heterocycles. The maximum absolute atomic E-state index is 6.00. The highest BCUT2D eigenvalue weighted by Gasteiger charge is 2.12. The van der Waals surface area contributed by atoms with E-state index in [1.807, 2.05) is 34.9 Å². The molecule has 0 saturated carbocycles. The highest BCUT2D eigenvalue weighted by Crippen LogP contribution is 2.16. The molecule has 0 bridgehead atoms. The van der Waals surface area contributed by atoms with E-state index in [0.29, 0.717) is 24.4 Å². The number of para-hydroxylation sites is 1. The lowest BCUT2D eigenvalue weighted by molar-refractivity contribution is 0.295. The number of nitrogens with zero attached hydrogens (tertiary/aromatic N) is 3. The van der Waals surface area contributed by atoms with Gasteiger partial charge >= 0.3 is 0 Å². The Bertz CT molecular complexity index is 496. The molecule has 0 radical (unpaired) electrons. The molecule has 1 heterocycles. The topological polar surface area (TPSA) is 39.9 Å². The molecule has 5 heteroatoms. The van der Waals surface area contributed by atoms with Gasteiger partial charge in [-0.3, -0.25) is 4.57 Å². The van der Waals surface area contributed by atoms with Crippen molar-refractivity contribution in [2.24, 2.45) is 0 Å². The van der Waals surface area contributed by atoms with Gasteiger partial charge in [0, 0.05) is 5.92 Å². The Kier molecular flexibility index (Phi) is 4.20. The molecule has 0 amide bonds. The Morgan fingerprint density at radius 1 is 1.22 bits per heavy atom. The minimum Gasteiger partial charge on any atom is -0.492 e. The predicted octanol–water partition coefficient (Wildman–Crippen LogP) is 3.13. The fourth-order valence-corrected chi connectivity index (χ4v) is 1.91. The summed E-state index contributed by atoms with van der Waals surface area (Å²) in [5.41, 5.74) is 0. The van der Waals surface area contributed by atoms with Crippen LogP contribution in [-0.2, 0) is 6.54 Å². The van der Waals surface area contributed by atoms with E-state index in [2.05, 4.69) is 24.0 Å². The fraction of sp³-hybridized carbons (Fsp3) is 0.385. The van der Waals surface area contributed by atoms with Gasteiger partial charge in [-0.15, -0.1) is 10.2 Å². The van der Waals surface area contributed by atoms with E-state index < -0.39 is 0 Å². The SMILES string of the molecule is CC(C)c1nnc(Cl)n1CCOc1ccccc1. The summed E-state index contributed by atoms with van der Waals surface area (Å²) in [6.45, 7) is 5.32. The minimum absolute atomic E-state index is 0.293. The van der Waals surface area contributed by atoms with E-state index in [9.17, 15) is 0 Å². The highest BCUT2D eigenvalue weighted by molar-refractivity contribution is 6.28. The van der Waals surface area contributed by atoms with E-state index in [1.165, 1.54) is 0 Å². The normalized spacial score (nSPS) is 10.9. The molecule has 96 valence electrons. The van der Waals surface area contributed by atoms with Crippen LogP contribution in [0.2, 0.25) is 5.28 Å². The summed E-state index contributed by atoms with van der Waals surface area (Å²) in [7, 11) is 0. The summed E-state index contributed by atoms with van der Waals surface area (Å²) in [6, 6.07) is 9.70. The second-order valence-electron chi connectivity index (χ2n) is 4.30. The van der Waals surface area contributed by atoms with E-state index in [1.54, 1.807) is 0 Å². The third kappa shape index (κ3) is 3.01. The first-order valence-corrected chi connectivity index (χ1v) is 6.32. The van der Waals surface area contributed by atoms with Gasteiger partial charge in [0.15, 0.2) is 0 Å². The summed E-state index contributed by atoms with van der Waals surface area (Å²) in [6.07, 6.45) is 0. The van der Waals surface area contributed by atoms with Crippen molar-refractivity contribution in [3.8, 4) is 5.75 Å². The lowest BCUT2D eigenvalue weighted by Crippen LogP contribution is -2.12. The number of hydrogen-bond acceptors (Lipinski definition) is 3. The molecule has 2 aromatic rings. The first-order chi connectivity index (χ1) is 8.68. The maximum atomic E-state index is 6.00. The van der Waals surface area contributed by atoms with Crippen LogP contribution >= 0.6 is 11.6 Å². The van der Waals surface area contributed by atoms with E-state index in [0.717, 1.165) is 11.6 Å². The molecule has 18 heavy (non-hydrogen) atoms.